The number of rotatable bonds is 6. The summed E-state index contributed by atoms with van der Waals surface area (Å²) in [5.74, 6) is 1.51. The summed E-state index contributed by atoms with van der Waals surface area (Å²) in [6, 6.07) is 0. The average molecular weight is 293 g/mol. The molecule has 1 amide bonds. The molecule has 1 saturated heterocycles. The van der Waals surface area contributed by atoms with Crippen LogP contribution in [-0.4, -0.2) is 47.1 Å². The first kappa shape index (κ1) is 15.5. The molecule has 1 aliphatic rings. The molecule has 21 heavy (non-hydrogen) atoms. The highest BCUT2D eigenvalue weighted by molar-refractivity contribution is 5.76. The molecule has 0 aromatic carbocycles. The van der Waals surface area contributed by atoms with E-state index in [1.165, 1.54) is 6.20 Å². The molecule has 1 aromatic rings. The van der Waals surface area contributed by atoms with Gasteiger partial charge in [0.15, 0.2) is 0 Å². The predicted molar refractivity (Wildman–Crippen MR) is 78.3 cm³/mol. The number of likely N-dealkylation sites (tertiary alicyclic amines) is 1. The third-order valence-corrected chi connectivity index (χ3v) is 3.80. The second kappa shape index (κ2) is 7.24. The molecule has 2 atom stereocenters. The van der Waals surface area contributed by atoms with Crippen LogP contribution in [0.15, 0.2) is 12.4 Å². The number of carbonyl (C=O) groups excluding carboxylic acids is 1. The van der Waals surface area contributed by atoms with E-state index >= 15 is 0 Å². The van der Waals surface area contributed by atoms with Crippen LogP contribution < -0.4 is 9.47 Å². The van der Waals surface area contributed by atoms with Crippen molar-refractivity contribution in [3.63, 3.8) is 0 Å². The van der Waals surface area contributed by atoms with Crippen molar-refractivity contribution in [2.45, 2.75) is 39.2 Å². The van der Waals surface area contributed by atoms with E-state index in [0.29, 0.717) is 30.6 Å². The largest absolute Gasteiger partial charge is 0.480 e. The molecule has 0 bridgehead atoms. The fraction of sp³-hybridized carbons (Fsp3) is 0.667. The molecular weight excluding hydrogens is 270 g/mol. The van der Waals surface area contributed by atoms with Gasteiger partial charge in [0.1, 0.15) is 6.10 Å². The molecule has 0 radical (unpaired) electrons. The zero-order chi connectivity index (χ0) is 15.2. The van der Waals surface area contributed by atoms with E-state index < -0.39 is 0 Å². The average Bonchev–Trinajstić information content (AvgIpc) is 2.96. The predicted octanol–water partition coefficient (Wildman–Crippen LogP) is 1.90. The normalized spacial score (nSPS) is 19.4. The molecular formula is C15H23N3O3. The maximum absolute atomic E-state index is 12.1. The molecule has 0 spiro atoms. The van der Waals surface area contributed by atoms with E-state index in [0.717, 1.165) is 19.4 Å². The summed E-state index contributed by atoms with van der Waals surface area (Å²) in [6.07, 6.45) is 5.54. The molecule has 1 fully saturated rings. The Bertz CT molecular complexity index is 481. The first-order valence-electron chi connectivity index (χ1n) is 7.42. The quantitative estimate of drug-likeness (QED) is 0.801. The highest BCUT2D eigenvalue weighted by Gasteiger charge is 2.28. The Morgan fingerprint density at radius 1 is 1.48 bits per heavy atom. The minimum Gasteiger partial charge on any atom is -0.480 e. The number of amides is 1. The SMILES string of the molecule is CCC(C)CC(=O)N1CCC(Oc2cncc(OC)n2)C1. The summed E-state index contributed by atoms with van der Waals surface area (Å²) in [6.45, 7) is 5.58. The minimum atomic E-state index is -0.0210. The number of carbonyl (C=O) groups is 1. The first-order chi connectivity index (χ1) is 10.1. The van der Waals surface area contributed by atoms with Crippen LogP contribution in [0.25, 0.3) is 0 Å². The molecule has 0 aliphatic carbocycles. The molecule has 1 aromatic heterocycles. The Labute approximate surface area is 125 Å². The summed E-state index contributed by atoms with van der Waals surface area (Å²) in [5.41, 5.74) is 0. The van der Waals surface area contributed by atoms with Crippen LogP contribution in [0, 0.1) is 5.92 Å². The second-order valence-corrected chi connectivity index (χ2v) is 5.49. The Balaban J connectivity index is 1.86. The van der Waals surface area contributed by atoms with E-state index in [9.17, 15) is 4.79 Å². The molecule has 6 heteroatoms. The third-order valence-electron chi connectivity index (χ3n) is 3.80. The molecule has 6 nitrogen and oxygen atoms in total. The van der Waals surface area contributed by atoms with E-state index in [2.05, 4.69) is 23.8 Å². The van der Waals surface area contributed by atoms with Gasteiger partial charge < -0.3 is 14.4 Å². The Hall–Kier alpha value is -1.85. The lowest BCUT2D eigenvalue weighted by atomic mass is 10.0. The Morgan fingerprint density at radius 2 is 2.24 bits per heavy atom. The monoisotopic (exact) mass is 293 g/mol. The zero-order valence-electron chi connectivity index (χ0n) is 12.9. The minimum absolute atomic E-state index is 0.0210. The fourth-order valence-corrected chi connectivity index (χ4v) is 2.28. The van der Waals surface area contributed by atoms with Crippen LogP contribution in [0.3, 0.4) is 0 Å². The molecule has 2 unspecified atom stereocenters. The number of ether oxygens (including phenoxy) is 2. The summed E-state index contributed by atoms with van der Waals surface area (Å²) in [7, 11) is 1.54. The van der Waals surface area contributed by atoms with Gasteiger partial charge in [0.2, 0.25) is 17.7 Å². The molecule has 0 N–H and O–H groups in total. The topological polar surface area (TPSA) is 64.6 Å². The van der Waals surface area contributed by atoms with Gasteiger partial charge in [-0.15, -0.1) is 0 Å². The number of aromatic nitrogens is 2. The third kappa shape index (κ3) is 4.31. The van der Waals surface area contributed by atoms with Crippen LogP contribution in [-0.2, 0) is 4.79 Å². The lowest BCUT2D eigenvalue weighted by Gasteiger charge is -2.18. The molecule has 2 rings (SSSR count). The van der Waals surface area contributed by atoms with Gasteiger partial charge in [-0.2, -0.15) is 4.98 Å². The van der Waals surface area contributed by atoms with Gasteiger partial charge in [-0.05, 0) is 5.92 Å². The van der Waals surface area contributed by atoms with Gasteiger partial charge in [0, 0.05) is 19.4 Å². The van der Waals surface area contributed by atoms with Crippen molar-refractivity contribution in [1.82, 2.24) is 14.9 Å². The van der Waals surface area contributed by atoms with E-state index in [1.807, 2.05) is 4.90 Å². The summed E-state index contributed by atoms with van der Waals surface area (Å²) >= 11 is 0. The van der Waals surface area contributed by atoms with Gasteiger partial charge in [-0.3, -0.25) is 9.78 Å². The van der Waals surface area contributed by atoms with Gasteiger partial charge in [0.25, 0.3) is 0 Å². The van der Waals surface area contributed by atoms with Crippen LogP contribution in [0.4, 0.5) is 0 Å². The molecule has 116 valence electrons. The Morgan fingerprint density at radius 3 is 2.95 bits per heavy atom. The fourth-order valence-electron chi connectivity index (χ4n) is 2.28. The number of methoxy groups -OCH3 is 1. The molecule has 0 saturated carbocycles. The first-order valence-corrected chi connectivity index (χ1v) is 7.42. The highest BCUT2D eigenvalue weighted by Crippen LogP contribution is 2.19. The number of hydrogen-bond donors (Lipinski definition) is 0. The van der Waals surface area contributed by atoms with Crippen LogP contribution >= 0.6 is 0 Å². The standard InChI is InChI=1S/C15H23N3O3/c1-4-11(2)7-15(19)18-6-5-12(10-18)21-14-9-16-8-13(17-14)20-3/h8-9,11-12H,4-7,10H2,1-3H3. The zero-order valence-corrected chi connectivity index (χ0v) is 12.9. The van der Waals surface area contributed by atoms with E-state index in [4.69, 9.17) is 9.47 Å². The molecule has 2 heterocycles. The van der Waals surface area contributed by atoms with Crippen LogP contribution in [0.5, 0.6) is 11.8 Å². The molecule has 1 aliphatic heterocycles. The summed E-state index contributed by atoms with van der Waals surface area (Å²) < 4.78 is 10.8. The highest BCUT2D eigenvalue weighted by atomic mass is 16.5. The van der Waals surface area contributed by atoms with E-state index in [1.54, 1.807) is 13.3 Å². The van der Waals surface area contributed by atoms with Crippen LogP contribution in [0.1, 0.15) is 33.1 Å². The smallest absolute Gasteiger partial charge is 0.235 e. The summed E-state index contributed by atoms with van der Waals surface area (Å²) in [5, 5.41) is 0. The van der Waals surface area contributed by atoms with Gasteiger partial charge >= 0.3 is 0 Å². The lowest BCUT2D eigenvalue weighted by Crippen LogP contribution is -2.31. The number of hydrogen-bond acceptors (Lipinski definition) is 5. The van der Waals surface area contributed by atoms with Crippen molar-refractivity contribution in [2.24, 2.45) is 5.92 Å². The maximum atomic E-state index is 12.1. The van der Waals surface area contributed by atoms with Crippen molar-refractivity contribution < 1.29 is 14.3 Å². The van der Waals surface area contributed by atoms with Crippen molar-refractivity contribution in [2.75, 3.05) is 20.2 Å². The van der Waals surface area contributed by atoms with Gasteiger partial charge in [-0.25, -0.2) is 0 Å². The van der Waals surface area contributed by atoms with E-state index in [-0.39, 0.29) is 12.0 Å². The van der Waals surface area contributed by atoms with Crippen LogP contribution in [0.2, 0.25) is 0 Å². The Kier molecular flexibility index (Phi) is 5.36. The number of nitrogens with zero attached hydrogens (tertiary/aromatic N) is 3. The van der Waals surface area contributed by atoms with Gasteiger partial charge in [0.05, 0.1) is 26.0 Å². The lowest BCUT2D eigenvalue weighted by molar-refractivity contribution is -0.131. The van der Waals surface area contributed by atoms with Crippen molar-refractivity contribution in [3.05, 3.63) is 12.4 Å². The maximum Gasteiger partial charge on any atom is 0.235 e. The van der Waals surface area contributed by atoms with Gasteiger partial charge in [-0.1, -0.05) is 20.3 Å². The van der Waals surface area contributed by atoms with Crippen molar-refractivity contribution in [3.8, 4) is 11.8 Å². The summed E-state index contributed by atoms with van der Waals surface area (Å²) in [4.78, 5) is 22.2. The second-order valence-electron chi connectivity index (χ2n) is 5.49. The van der Waals surface area contributed by atoms with Crippen molar-refractivity contribution in [1.29, 1.82) is 0 Å². The van der Waals surface area contributed by atoms with Crippen molar-refractivity contribution >= 4 is 5.91 Å².